The third-order valence-electron chi connectivity index (χ3n) is 3.63. The molecule has 29 heavy (non-hydrogen) atoms. The highest BCUT2D eigenvalue weighted by molar-refractivity contribution is 9.10. The molecule has 0 radical (unpaired) electrons. The number of likely N-dealkylation sites (N-methyl/N-ethyl adjacent to an activating group) is 1. The number of nitrogens with one attached hydrogen (secondary N) is 3. The zero-order chi connectivity index (χ0) is 21.2. The van der Waals surface area contributed by atoms with Crippen molar-refractivity contribution in [1.29, 1.82) is 0 Å². The number of anilines is 1. The molecule has 0 fully saturated rings. The number of hydrogen-bond donors (Lipinski definition) is 3. The minimum Gasteiger partial charge on any atom is -0.483 e. The Morgan fingerprint density at radius 3 is 2.62 bits per heavy atom. The van der Waals surface area contributed by atoms with Gasteiger partial charge in [0.15, 0.2) is 6.61 Å². The summed E-state index contributed by atoms with van der Waals surface area (Å²) in [5.74, 6) is -1.55. The van der Waals surface area contributed by atoms with Crippen LogP contribution in [0.4, 0.5) is 5.69 Å². The molecule has 8 nitrogen and oxygen atoms in total. The van der Waals surface area contributed by atoms with Gasteiger partial charge in [-0.3, -0.25) is 14.4 Å². The Morgan fingerprint density at radius 2 is 1.90 bits per heavy atom. The van der Waals surface area contributed by atoms with Crippen LogP contribution < -0.4 is 20.8 Å². The summed E-state index contributed by atoms with van der Waals surface area (Å²) in [6.45, 7) is 3.77. The van der Waals surface area contributed by atoms with Crippen molar-refractivity contribution in [1.82, 2.24) is 10.7 Å². The van der Waals surface area contributed by atoms with E-state index in [0.29, 0.717) is 23.5 Å². The van der Waals surface area contributed by atoms with Crippen LogP contribution in [0.5, 0.6) is 5.75 Å². The van der Waals surface area contributed by atoms with E-state index in [4.69, 9.17) is 4.74 Å². The lowest BCUT2D eigenvalue weighted by molar-refractivity contribution is -0.139. The van der Waals surface area contributed by atoms with Crippen LogP contribution in [0.25, 0.3) is 0 Å². The molecular formula is C20H21BrN4O4. The summed E-state index contributed by atoms with van der Waals surface area (Å²) in [5.41, 5.74) is 4.34. The number of halogens is 1. The third kappa shape index (κ3) is 7.04. The summed E-state index contributed by atoms with van der Waals surface area (Å²) in [6.07, 6.45) is 1.34. The van der Waals surface area contributed by atoms with Crippen LogP contribution in [-0.2, 0) is 14.4 Å². The van der Waals surface area contributed by atoms with Gasteiger partial charge in [0.25, 0.3) is 5.91 Å². The van der Waals surface area contributed by atoms with Gasteiger partial charge >= 0.3 is 11.8 Å². The zero-order valence-electron chi connectivity index (χ0n) is 16.0. The first-order valence-electron chi connectivity index (χ1n) is 8.79. The van der Waals surface area contributed by atoms with Crippen molar-refractivity contribution < 1.29 is 19.1 Å². The topological polar surface area (TPSA) is 109 Å². The lowest BCUT2D eigenvalue weighted by atomic mass is 10.2. The number of ether oxygens (including phenoxy) is 1. The zero-order valence-corrected chi connectivity index (χ0v) is 17.6. The number of nitrogens with zero attached hydrogens (tertiary/aromatic N) is 1. The van der Waals surface area contributed by atoms with Crippen molar-refractivity contribution in [2.24, 2.45) is 5.10 Å². The van der Waals surface area contributed by atoms with E-state index in [1.807, 2.05) is 19.1 Å². The molecule has 0 bridgehead atoms. The number of para-hydroxylation sites is 1. The maximum Gasteiger partial charge on any atom is 0.329 e. The predicted molar refractivity (Wildman–Crippen MR) is 114 cm³/mol. The minimum atomic E-state index is -0.870. The van der Waals surface area contributed by atoms with E-state index in [1.54, 1.807) is 37.3 Å². The Morgan fingerprint density at radius 1 is 1.14 bits per heavy atom. The molecule has 3 N–H and O–H groups in total. The van der Waals surface area contributed by atoms with Gasteiger partial charge in [-0.15, -0.1) is 0 Å². The molecule has 0 heterocycles. The predicted octanol–water partition coefficient (Wildman–Crippen LogP) is 2.36. The summed E-state index contributed by atoms with van der Waals surface area (Å²) in [4.78, 5) is 35.0. The summed E-state index contributed by atoms with van der Waals surface area (Å²) >= 11 is 3.41. The van der Waals surface area contributed by atoms with Crippen LogP contribution in [0.2, 0.25) is 0 Å². The number of carbonyl (C=O) groups is 3. The fourth-order valence-corrected chi connectivity index (χ4v) is 2.48. The number of aryl methyl sites for hydroxylation is 1. The number of amides is 3. The standard InChI is InChI=1S/C20H21BrN4O4/c1-3-22-19(27)20(28)25-23-11-14-6-4-5-7-17(14)29-12-18(26)24-15-8-9-16(21)13(2)10-15/h4-11H,3,12H2,1-2H3,(H,22,27)(H,24,26)(H,25,28)/b23-11-. The lowest BCUT2D eigenvalue weighted by Crippen LogP contribution is -2.37. The number of rotatable bonds is 7. The first-order valence-corrected chi connectivity index (χ1v) is 9.59. The van der Waals surface area contributed by atoms with Gasteiger partial charge in [0, 0.05) is 22.3 Å². The van der Waals surface area contributed by atoms with Crippen molar-refractivity contribution in [2.45, 2.75) is 13.8 Å². The largest absolute Gasteiger partial charge is 0.483 e. The molecular weight excluding hydrogens is 440 g/mol. The fourth-order valence-electron chi connectivity index (χ4n) is 2.23. The minimum absolute atomic E-state index is 0.203. The molecule has 9 heteroatoms. The second-order valence-electron chi connectivity index (χ2n) is 5.90. The summed E-state index contributed by atoms with van der Waals surface area (Å²) in [6, 6.07) is 12.4. The number of benzene rings is 2. The first kappa shape index (κ1) is 22.1. The van der Waals surface area contributed by atoms with Crippen LogP contribution in [0.3, 0.4) is 0 Å². The van der Waals surface area contributed by atoms with Crippen LogP contribution >= 0.6 is 15.9 Å². The van der Waals surface area contributed by atoms with Crippen LogP contribution in [0, 0.1) is 6.92 Å². The SMILES string of the molecule is CCNC(=O)C(=O)N/N=C\c1ccccc1OCC(=O)Nc1ccc(Br)c(C)c1. The highest BCUT2D eigenvalue weighted by Crippen LogP contribution is 2.20. The molecule has 0 aliphatic heterocycles. The molecule has 0 unspecified atom stereocenters. The van der Waals surface area contributed by atoms with Crippen molar-refractivity contribution in [3.63, 3.8) is 0 Å². The smallest absolute Gasteiger partial charge is 0.329 e. The van der Waals surface area contributed by atoms with Gasteiger partial charge in [0.2, 0.25) is 0 Å². The number of hydrazone groups is 1. The maximum atomic E-state index is 12.2. The number of carbonyl (C=O) groups excluding carboxylic acids is 3. The lowest BCUT2D eigenvalue weighted by Gasteiger charge is -2.10. The van der Waals surface area contributed by atoms with Gasteiger partial charge in [-0.25, -0.2) is 5.43 Å². The van der Waals surface area contributed by atoms with Crippen LogP contribution in [-0.4, -0.2) is 37.1 Å². The second-order valence-corrected chi connectivity index (χ2v) is 6.75. The van der Waals surface area contributed by atoms with Crippen LogP contribution in [0.1, 0.15) is 18.1 Å². The Bertz CT molecular complexity index is 930. The van der Waals surface area contributed by atoms with E-state index < -0.39 is 11.8 Å². The van der Waals surface area contributed by atoms with E-state index in [9.17, 15) is 14.4 Å². The van der Waals surface area contributed by atoms with Crippen molar-refractivity contribution in [2.75, 3.05) is 18.5 Å². The average Bonchev–Trinajstić information content (AvgIpc) is 2.70. The summed E-state index contributed by atoms with van der Waals surface area (Å²) in [5, 5.41) is 8.88. The normalized spacial score (nSPS) is 10.4. The molecule has 152 valence electrons. The Labute approximate surface area is 176 Å². The van der Waals surface area contributed by atoms with Crippen molar-refractivity contribution in [3.8, 4) is 5.75 Å². The quantitative estimate of drug-likeness (QED) is 0.334. The molecule has 0 saturated carbocycles. The highest BCUT2D eigenvalue weighted by Gasteiger charge is 2.11. The second kappa shape index (κ2) is 11.0. The van der Waals surface area contributed by atoms with Gasteiger partial charge in [0.05, 0.1) is 6.21 Å². The highest BCUT2D eigenvalue weighted by atomic mass is 79.9. The molecule has 0 saturated heterocycles. The Kier molecular flexibility index (Phi) is 8.35. The summed E-state index contributed by atoms with van der Waals surface area (Å²) < 4.78 is 6.52. The third-order valence-corrected chi connectivity index (χ3v) is 4.52. The van der Waals surface area contributed by atoms with Gasteiger partial charge in [-0.2, -0.15) is 5.10 Å². The molecule has 2 rings (SSSR count). The van der Waals surface area contributed by atoms with Crippen molar-refractivity contribution in [3.05, 3.63) is 58.1 Å². The van der Waals surface area contributed by atoms with Gasteiger partial charge < -0.3 is 15.4 Å². The number of hydrogen-bond acceptors (Lipinski definition) is 5. The van der Waals surface area contributed by atoms with E-state index >= 15 is 0 Å². The molecule has 2 aromatic carbocycles. The maximum absolute atomic E-state index is 12.2. The molecule has 0 aliphatic carbocycles. The summed E-state index contributed by atoms with van der Waals surface area (Å²) in [7, 11) is 0. The monoisotopic (exact) mass is 460 g/mol. The average molecular weight is 461 g/mol. The Balaban J connectivity index is 1.93. The van der Waals surface area contributed by atoms with Gasteiger partial charge in [-0.1, -0.05) is 28.1 Å². The van der Waals surface area contributed by atoms with E-state index in [1.165, 1.54) is 6.21 Å². The van der Waals surface area contributed by atoms with E-state index in [2.05, 4.69) is 37.1 Å². The molecule has 3 amide bonds. The first-order chi connectivity index (χ1) is 13.9. The Hall–Kier alpha value is -3.20. The molecule has 0 spiro atoms. The van der Waals surface area contributed by atoms with Crippen LogP contribution in [0.15, 0.2) is 52.0 Å². The van der Waals surface area contributed by atoms with E-state index in [-0.39, 0.29) is 12.5 Å². The molecule has 2 aromatic rings. The fraction of sp³-hybridized carbons (Fsp3) is 0.200. The van der Waals surface area contributed by atoms with Gasteiger partial charge in [-0.05, 0) is 49.7 Å². The molecule has 0 aliphatic rings. The molecule has 0 atom stereocenters. The van der Waals surface area contributed by atoms with Crippen molar-refractivity contribution >= 4 is 45.6 Å². The van der Waals surface area contributed by atoms with E-state index in [0.717, 1.165) is 10.0 Å². The molecule has 0 aromatic heterocycles. The van der Waals surface area contributed by atoms with Gasteiger partial charge in [0.1, 0.15) is 5.75 Å².